The largest absolute Gasteiger partial charge is 0.329 e. The van der Waals surface area contributed by atoms with Crippen LogP contribution in [0.15, 0.2) is 36.7 Å². The maximum absolute atomic E-state index is 14.0. The van der Waals surface area contributed by atoms with Crippen molar-refractivity contribution in [3.63, 3.8) is 0 Å². The number of benzene rings is 1. The highest BCUT2D eigenvalue weighted by molar-refractivity contribution is 6.23. The molecule has 2 heterocycles. The Labute approximate surface area is 126 Å². The summed E-state index contributed by atoms with van der Waals surface area (Å²) in [7, 11) is 0. The summed E-state index contributed by atoms with van der Waals surface area (Å²) in [6, 6.07) is 5.40. The van der Waals surface area contributed by atoms with E-state index in [1.807, 2.05) is 0 Å². The molecule has 0 spiro atoms. The molecule has 6 nitrogen and oxygen atoms in total. The van der Waals surface area contributed by atoms with Gasteiger partial charge in [0.25, 0.3) is 5.91 Å². The molecular formula is C15H15FN4O2. The molecule has 1 unspecified atom stereocenters. The zero-order valence-corrected chi connectivity index (χ0v) is 12.2. The molecular weight excluding hydrogens is 287 g/mol. The highest BCUT2D eigenvalue weighted by atomic mass is 19.1. The molecule has 7 heteroatoms. The number of hydrogen-bond donors (Lipinski definition) is 1. The molecule has 22 heavy (non-hydrogen) atoms. The second-order valence-corrected chi connectivity index (χ2v) is 5.56. The first-order valence-corrected chi connectivity index (χ1v) is 6.81. The van der Waals surface area contributed by atoms with Crippen LogP contribution in [0.3, 0.4) is 0 Å². The Hall–Kier alpha value is -2.70. The number of hydrogen-bond acceptors (Lipinski definition) is 3. The normalized spacial score (nSPS) is 21.3. The topological polar surface area (TPSA) is 67.2 Å². The third kappa shape index (κ3) is 2.24. The van der Waals surface area contributed by atoms with Gasteiger partial charge in [-0.15, -0.1) is 0 Å². The Morgan fingerprint density at radius 3 is 2.82 bits per heavy atom. The van der Waals surface area contributed by atoms with Crippen molar-refractivity contribution in [2.45, 2.75) is 25.9 Å². The number of nitrogens with one attached hydrogen (secondary N) is 1. The summed E-state index contributed by atoms with van der Waals surface area (Å²) in [5.41, 5.74) is -0.441. The molecule has 1 N–H and O–H groups in total. The summed E-state index contributed by atoms with van der Waals surface area (Å²) in [5, 5.41) is 6.66. The molecule has 1 saturated heterocycles. The third-order valence-corrected chi connectivity index (χ3v) is 3.64. The second kappa shape index (κ2) is 4.94. The molecule has 1 aromatic carbocycles. The molecule has 1 atom stereocenters. The van der Waals surface area contributed by atoms with E-state index in [0.29, 0.717) is 0 Å². The van der Waals surface area contributed by atoms with Crippen molar-refractivity contribution in [1.29, 1.82) is 0 Å². The van der Waals surface area contributed by atoms with Crippen LogP contribution in [0.25, 0.3) is 0 Å². The third-order valence-electron chi connectivity index (χ3n) is 3.64. The lowest BCUT2D eigenvalue weighted by atomic mass is 10.0. The van der Waals surface area contributed by atoms with Gasteiger partial charge in [-0.05, 0) is 37.6 Å². The average molecular weight is 302 g/mol. The van der Waals surface area contributed by atoms with Gasteiger partial charge in [0.05, 0.1) is 12.2 Å². The summed E-state index contributed by atoms with van der Waals surface area (Å²) < 4.78 is 15.6. The minimum atomic E-state index is -1.17. The fourth-order valence-electron chi connectivity index (χ4n) is 2.52. The molecule has 1 aromatic heterocycles. The van der Waals surface area contributed by atoms with Crippen LogP contribution in [0.4, 0.5) is 14.9 Å². The minimum absolute atomic E-state index is 0.0355. The van der Waals surface area contributed by atoms with Crippen LogP contribution in [-0.4, -0.2) is 27.3 Å². The molecule has 0 saturated carbocycles. The van der Waals surface area contributed by atoms with Gasteiger partial charge < -0.3 is 5.32 Å². The number of anilines is 1. The zero-order valence-electron chi connectivity index (χ0n) is 12.2. The van der Waals surface area contributed by atoms with Gasteiger partial charge in [0.15, 0.2) is 0 Å². The van der Waals surface area contributed by atoms with Crippen LogP contribution in [-0.2, 0) is 11.3 Å². The van der Waals surface area contributed by atoms with Gasteiger partial charge in [0.1, 0.15) is 11.4 Å². The lowest BCUT2D eigenvalue weighted by Crippen LogP contribution is -2.47. The SMILES string of the molecule is Cc1ccc(F)c(N2C(=O)NC(C)(Cn3cccn3)C2=O)c1. The summed E-state index contributed by atoms with van der Waals surface area (Å²) in [4.78, 5) is 25.7. The van der Waals surface area contributed by atoms with Gasteiger partial charge in [-0.1, -0.05) is 6.07 Å². The number of amides is 3. The fourth-order valence-corrected chi connectivity index (χ4v) is 2.52. The van der Waals surface area contributed by atoms with E-state index in [0.717, 1.165) is 10.5 Å². The number of carbonyl (C=O) groups is 2. The number of aromatic nitrogens is 2. The van der Waals surface area contributed by atoms with E-state index >= 15 is 0 Å². The van der Waals surface area contributed by atoms with E-state index in [1.54, 1.807) is 43.1 Å². The zero-order chi connectivity index (χ0) is 15.9. The van der Waals surface area contributed by atoms with E-state index in [9.17, 15) is 14.0 Å². The minimum Gasteiger partial charge on any atom is -0.321 e. The van der Waals surface area contributed by atoms with Gasteiger partial charge in [0, 0.05) is 12.4 Å². The molecule has 2 aromatic rings. The smallest absolute Gasteiger partial charge is 0.321 e. The lowest BCUT2D eigenvalue weighted by Gasteiger charge is -2.21. The van der Waals surface area contributed by atoms with Crippen molar-refractivity contribution >= 4 is 17.6 Å². The van der Waals surface area contributed by atoms with Crippen molar-refractivity contribution in [1.82, 2.24) is 15.1 Å². The van der Waals surface area contributed by atoms with Crippen molar-refractivity contribution in [3.8, 4) is 0 Å². The first-order chi connectivity index (χ1) is 10.4. The maximum atomic E-state index is 14.0. The molecule has 114 valence electrons. The second-order valence-electron chi connectivity index (χ2n) is 5.56. The van der Waals surface area contributed by atoms with Gasteiger partial charge in [-0.25, -0.2) is 14.1 Å². The van der Waals surface area contributed by atoms with Crippen molar-refractivity contribution in [2.24, 2.45) is 0 Å². The predicted octanol–water partition coefficient (Wildman–Crippen LogP) is 1.85. The first kappa shape index (κ1) is 14.2. The summed E-state index contributed by atoms with van der Waals surface area (Å²) in [6.45, 7) is 3.54. The van der Waals surface area contributed by atoms with E-state index in [1.165, 1.54) is 12.1 Å². The Balaban J connectivity index is 1.96. The van der Waals surface area contributed by atoms with Crippen LogP contribution < -0.4 is 10.2 Å². The average Bonchev–Trinajstić information content (AvgIpc) is 3.01. The van der Waals surface area contributed by atoms with Gasteiger partial charge >= 0.3 is 6.03 Å². The quantitative estimate of drug-likeness (QED) is 0.880. The lowest BCUT2D eigenvalue weighted by molar-refractivity contribution is -0.122. The Kier molecular flexibility index (Phi) is 3.20. The Bertz CT molecular complexity index is 744. The Morgan fingerprint density at radius 1 is 1.36 bits per heavy atom. The monoisotopic (exact) mass is 302 g/mol. The number of imide groups is 1. The summed E-state index contributed by atoms with van der Waals surface area (Å²) in [5.74, 6) is -1.12. The molecule has 3 amide bonds. The predicted molar refractivity (Wildman–Crippen MR) is 77.8 cm³/mol. The molecule has 1 fully saturated rings. The molecule has 0 radical (unpaired) electrons. The number of nitrogens with zero attached hydrogens (tertiary/aromatic N) is 3. The van der Waals surface area contributed by atoms with Crippen LogP contribution in [0.1, 0.15) is 12.5 Å². The van der Waals surface area contributed by atoms with E-state index < -0.39 is 23.3 Å². The number of urea groups is 1. The van der Waals surface area contributed by atoms with Crippen molar-refractivity contribution in [2.75, 3.05) is 4.90 Å². The summed E-state index contributed by atoms with van der Waals surface area (Å²) in [6.07, 6.45) is 3.28. The molecule has 1 aliphatic heterocycles. The number of rotatable bonds is 3. The van der Waals surface area contributed by atoms with Crippen LogP contribution >= 0.6 is 0 Å². The highest BCUT2D eigenvalue weighted by Crippen LogP contribution is 2.28. The Morgan fingerprint density at radius 2 is 2.14 bits per heavy atom. The standard InChI is InChI=1S/C15H15FN4O2/c1-10-4-5-11(16)12(8-10)20-13(21)15(2,18-14(20)22)9-19-7-3-6-17-19/h3-8H,9H2,1-2H3,(H,18,22). The molecule has 1 aliphatic rings. The number of halogens is 1. The molecule has 0 aliphatic carbocycles. The van der Waals surface area contributed by atoms with Crippen molar-refractivity contribution in [3.05, 3.63) is 48.0 Å². The van der Waals surface area contributed by atoms with Crippen LogP contribution in [0.5, 0.6) is 0 Å². The molecule has 3 rings (SSSR count). The summed E-state index contributed by atoms with van der Waals surface area (Å²) >= 11 is 0. The van der Waals surface area contributed by atoms with E-state index in [-0.39, 0.29) is 12.2 Å². The van der Waals surface area contributed by atoms with Gasteiger partial charge in [-0.2, -0.15) is 5.10 Å². The van der Waals surface area contributed by atoms with Crippen molar-refractivity contribution < 1.29 is 14.0 Å². The van der Waals surface area contributed by atoms with E-state index in [4.69, 9.17) is 0 Å². The number of carbonyl (C=O) groups excluding carboxylic acids is 2. The van der Waals surface area contributed by atoms with Crippen LogP contribution in [0.2, 0.25) is 0 Å². The fraction of sp³-hybridized carbons (Fsp3) is 0.267. The van der Waals surface area contributed by atoms with Gasteiger partial charge in [0.2, 0.25) is 0 Å². The van der Waals surface area contributed by atoms with E-state index in [2.05, 4.69) is 10.4 Å². The highest BCUT2D eigenvalue weighted by Gasteiger charge is 2.49. The number of aryl methyl sites for hydroxylation is 1. The van der Waals surface area contributed by atoms with Crippen LogP contribution in [0, 0.1) is 12.7 Å². The maximum Gasteiger partial charge on any atom is 0.329 e. The molecule has 0 bridgehead atoms. The van der Waals surface area contributed by atoms with Gasteiger partial charge in [-0.3, -0.25) is 9.48 Å². The first-order valence-electron chi connectivity index (χ1n) is 6.81.